The Kier molecular flexibility index (Phi) is 2.84. The van der Waals surface area contributed by atoms with E-state index in [4.69, 9.17) is 22.1 Å². The Balaban J connectivity index is 3.24. The smallest absolute Gasteiger partial charge is 0.135 e. The molecule has 0 radical (unpaired) electrons. The summed E-state index contributed by atoms with van der Waals surface area (Å²) in [6.45, 7) is 0. The van der Waals surface area contributed by atoms with E-state index in [1.807, 2.05) is 0 Å². The van der Waals surface area contributed by atoms with Gasteiger partial charge in [0.05, 0.1) is 15.7 Å². The third kappa shape index (κ3) is 1.90. The number of hydrogen-bond acceptors (Lipinski definition) is 2. The first kappa shape index (κ1) is 8.93. The van der Waals surface area contributed by atoms with E-state index >= 15 is 0 Å². The van der Waals surface area contributed by atoms with Crippen molar-refractivity contribution in [2.24, 2.45) is 0 Å². The monoisotopic (exact) mass is 283 g/mol. The van der Waals surface area contributed by atoms with Crippen LogP contribution in [0.5, 0.6) is 5.75 Å². The third-order valence-corrected chi connectivity index (χ3v) is 2.97. The van der Waals surface area contributed by atoms with Gasteiger partial charge in [0, 0.05) is 11.8 Å². The summed E-state index contributed by atoms with van der Waals surface area (Å²) in [6, 6.07) is 3.44. The van der Waals surface area contributed by atoms with Crippen LogP contribution in [0.4, 0.5) is 5.69 Å². The Morgan fingerprint density at radius 2 is 2.18 bits per heavy atom. The van der Waals surface area contributed by atoms with Crippen LogP contribution in [0.25, 0.3) is 0 Å². The van der Waals surface area contributed by atoms with E-state index in [1.54, 1.807) is 19.2 Å². The Labute approximate surface area is 83.8 Å². The topological polar surface area (TPSA) is 35.2 Å². The predicted octanol–water partition coefficient (Wildman–Crippen LogP) is 2.54. The van der Waals surface area contributed by atoms with Crippen LogP contribution >= 0.6 is 34.2 Å². The molecular formula is C7H7ClINO. The van der Waals surface area contributed by atoms with Gasteiger partial charge in [-0.05, 0) is 28.7 Å². The number of nitrogen functional groups attached to an aromatic ring is 1. The second-order valence-corrected chi connectivity index (χ2v) is 3.50. The van der Waals surface area contributed by atoms with Crippen molar-refractivity contribution in [2.75, 3.05) is 12.8 Å². The van der Waals surface area contributed by atoms with Gasteiger partial charge in [-0.3, -0.25) is 0 Å². The van der Waals surface area contributed by atoms with E-state index in [1.165, 1.54) is 0 Å². The number of hydrogen-bond donors (Lipinski definition) is 1. The van der Waals surface area contributed by atoms with E-state index in [9.17, 15) is 0 Å². The molecule has 1 rings (SSSR count). The van der Waals surface area contributed by atoms with Crippen molar-refractivity contribution in [3.8, 4) is 5.75 Å². The Bertz CT molecular complexity index is 277. The summed E-state index contributed by atoms with van der Waals surface area (Å²) >= 11 is 7.94. The highest BCUT2D eigenvalue weighted by atomic mass is 127. The summed E-state index contributed by atoms with van der Waals surface area (Å²) in [4.78, 5) is 0. The highest BCUT2D eigenvalue weighted by Crippen LogP contribution is 2.30. The lowest BCUT2D eigenvalue weighted by Gasteiger charge is -2.05. The van der Waals surface area contributed by atoms with Crippen molar-refractivity contribution >= 4 is 39.9 Å². The molecular weight excluding hydrogens is 276 g/mol. The molecule has 0 bridgehead atoms. The van der Waals surface area contributed by atoms with Crippen LogP contribution in [0.1, 0.15) is 0 Å². The first-order chi connectivity index (χ1) is 5.15. The van der Waals surface area contributed by atoms with Crippen molar-refractivity contribution < 1.29 is 4.74 Å². The molecule has 0 amide bonds. The minimum absolute atomic E-state index is 0.618. The van der Waals surface area contributed by atoms with Gasteiger partial charge >= 0.3 is 0 Å². The fraction of sp³-hybridized carbons (Fsp3) is 0.143. The number of methoxy groups -OCH3 is 1. The Morgan fingerprint density at radius 1 is 1.55 bits per heavy atom. The van der Waals surface area contributed by atoms with Gasteiger partial charge in [0.1, 0.15) is 5.75 Å². The minimum atomic E-state index is 0.618. The third-order valence-electron chi connectivity index (χ3n) is 1.24. The number of ether oxygens (including phenoxy) is 1. The van der Waals surface area contributed by atoms with Gasteiger partial charge in [-0.15, -0.1) is 0 Å². The molecule has 0 saturated heterocycles. The summed E-state index contributed by atoms with van der Waals surface area (Å²) in [5, 5.41) is 0.627. The molecule has 0 spiro atoms. The molecule has 0 aliphatic heterocycles. The molecule has 4 heteroatoms. The average Bonchev–Trinajstić information content (AvgIpc) is 1.96. The molecule has 2 nitrogen and oxygen atoms in total. The largest absolute Gasteiger partial charge is 0.496 e. The van der Waals surface area contributed by atoms with Crippen LogP contribution in [0.15, 0.2) is 12.1 Å². The SMILES string of the molecule is COc1cc(N)cc(Cl)c1I. The summed E-state index contributed by atoms with van der Waals surface area (Å²) < 4.78 is 5.92. The lowest BCUT2D eigenvalue weighted by atomic mass is 10.3. The quantitative estimate of drug-likeness (QED) is 0.635. The van der Waals surface area contributed by atoms with Crippen molar-refractivity contribution in [2.45, 2.75) is 0 Å². The molecule has 1 aromatic rings. The van der Waals surface area contributed by atoms with Crippen LogP contribution in [-0.2, 0) is 0 Å². The summed E-state index contributed by atoms with van der Waals surface area (Å²) in [6.07, 6.45) is 0. The van der Waals surface area contributed by atoms with Crippen molar-refractivity contribution in [1.82, 2.24) is 0 Å². The van der Waals surface area contributed by atoms with Gasteiger partial charge < -0.3 is 10.5 Å². The summed E-state index contributed by atoms with van der Waals surface area (Å²) in [7, 11) is 1.59. The molecule has 0 aromatic heterocycles. The molecule has 0 aliphatic rings. The first-order valence-electron chi connectivity index (χ1n) is 2.93. The van der Waals surface area contributed by atoms with Crippen LogP contribution in [0.2, 0.25) is 5.02 Å². The highest BCUT2D eigenvalue weighted by molar-refractivity contribution is 14.1. The second kappa shape index (κ2) is 3.49. The standard InChI is InChI=1S/C7H7ClINO/c1-11-6-3-4(10)2-5(8)7(6)9/h2-3H,10H2,1H3. The maximum atomic E-state index is 5.83. The summed E-state index contributed by atoms with van der Waals surface area (Å²) in [5.41, 5.74) is 6.15. The van der Waals surface area contributed by atoms with Gasteiger partial charge in [0.25, 0.3) is 0 Å². The number of nitrogens with two attached hydrogens (primary N) is 1. The van der Waals surface area contributed by atoms with E-state index in [0.717, 1.165) is 9.32 Å². The van der Waals surface area contributed by atoms with Crippen molar-refractivity contribution in [3.63, 3.8) is 0 Å². The number of anilines is 1. The predicted molar refractivity (Wildman–Crippen MR) is 55.1 cm³/mol. The molecule has 0 aliphatic carbocycles. The minimum Gasteiger partial charge on any atom is -0.496 e. The number of halogens is 2. The number of benzene rings is 1. The first-order valence-corrected chi connectivity index (χ1v) is 4.39. The maximum absolute atomic E-state index is 5.83. The zero-order valence-electron chi connectivity index (χ0n) is 5.90. The molecule has 2 N–H and O–H groups in total. The van der Waals surface area contributed by atoms with E-state index < -0.39 is 0 Å². The van der Waals surface area contributed by atoms with Crippen LogP contribution in [-0.4, -0.2) is 7.11 Å². The zero-order valence-corrected chi connectivity index (χ0v) is 8.81. The van der Waals surface area contributed by atoms with Gasteiger partial charge in [0.15, 0.2) is 0 Å². The number of rotatable bonds is 1. The Hall–Kier alpha value is -0.160. The molecule has 1 aromatic carbocycles. The fourth-order valence-corrected chi connectivity index (χ4v) is 1.48. The lowest BCUT2D eigenvalue weighted by Crippen LogP contribution is -1.91. The molecule has 0 fully saturated rings. The van der Waals surface area contributed by atoms with E-state index in [-0.39, 0.29) is 0 Å². The van der Waals surface area contributed by atoms with Crippen LogP contribution in [0.3, 0.4) is 0 Å². The van der Waals surface area contributed by atoms with Gasteiger partial charge in [-0.25, -0.2) is 0 Å². The van der Waals surface area contributed by atoms with Crippen LogP contribution < -0.4 is 10.5 Å². The van der Waals surface area contributed by atoms with Gasteiger partial charge in [-0.1, -0.05) is 11.6 Å². The van der Waals surface area contributed by atoms with E-state index in [0.29, 0.717) is 10.7 Å². The van der Waals surface area contributed by atoms with Crippen molar-refractivity contribution in [1.29, 1.82) is 0 Å². The molecule has 0 atom stereocenters. The zero-order chi connectivity index (χ0) is 8.43. The molecule has 0 saturated carbocycles. The second-order valence-electron chi connectivity index (χ2n) is 2.02. The average molecular weight is 283 g/mol. The molecule has 0 heterocycles. The fourth-order valence-electron chi connectivity index (χ4n) is 0.732. The molecule has 0 unspecified atom stereocenters. The normalized spacial score (nSPS) is 9.73. The highest BCUT2D eigenvalue weighted by Gasteiger charge is 2.04. The molecule has 11 heavy (non-hydrogen) atoms. The molecule has 60 valence electrons. The van der Waals surface area contributed by atoms with Gasteiger partial charge in [0.2, 0.25) is 0 Å². The van der Waals surface area contributed by atoms with Crippen LogP contribution in [0, 0.1) is 3.57 Å². The van der Waals surface area contributed by atoms with Crippen molar-refractivity contribution in [3.05, 3.63) is 20.7 Å². The van der Waals surface area contributed by atoms with E-state index in [2.05, 4.69) is 22.6 Å². The summed E-state index contributed by atoms with van der Waals surface area (Å²) in [5.74, 6) is 0.718. The van der Waals surface area contributed by atoms with Gasteiger partial charge in [-0.2, -0.15) is 0 Å². The lowest BCUT2D eigenvalue weighted by molar-refractivity contribution is 0.412. The Morgan fingerprint density at radius 3 is 2.73 bits per heavy atom. The maximum Gasteiger partial charge on any atom is 0.135 e.